The highest BCUT2D eigenvalue weighted by molar-refractivity contribution is 5.98. The Morgan fingerprint density at radius 1 is 1.03 bits per heavy atom. The number of carboxylic acid groups (broad SMARTS) is 2. The van der Waals surface area contributed by atoms with Crippen molar-refractivity contribution in [1.82, 2.24) is 20.0 Å². The summed E-state index contributed by atoms with van der Waals surface area (Å²) in [6.45, 7) is 1.70. The predicted octanol–water partition coefficient (Wildman–Crippen LogP) is 0.933. The number of rotatable bonds is 3. The molecular formula is C21H24F6N6O6. The number of aliphatic carboxylic acids is 2. The minimum absolute atomic E-state index is 0.00963. The number of fused-ring (bicyclic) bond motifs is 1. The van der Waals surface area contributed by atoms with Crippen molar-refractivity contribution in [2.24, 2.45) is 11.5 Å². The van der Waals surface area contributed by atoms with Crippen LogP contribution in [0.2, 0.25) is 0 Å². The van der Waals surface area contributed by atoms with Gasteiger partial charge in [-0.2, -0.15) is 31.4 Å². The summed E-state index contributed by atoms with van der Waals surface area (Å²) in [5, 5.41) is 22.0. The molecular weight excluding hydrogens is 546 g/mol. The Bertz CT molecular complexity index is 1190. The Balaban J connectivity index is 0.000000317. The lowest BCUT2D eigenvalue weighted by Gasteiger charge is -2.43. The molecule has 1 aromatic carbocycles. The highest BCUT2D eigenvalue weighted by atomic mass is 19.4. The second kappa shape index (κ2) is 11.9. The van der Waals surface area contributed by atoms with Gasteiger partial charge in [0.1, 0.15) is 0 Å². The molecule has 1 aromatic heterocycles. The summed E-state index contributed by atoms with van der Waals surface area (Å²) in [7, 11) is 0. The van der Waals surface area contributed by atoms with Crippen LogP contribution in [-0.4, -0.2) is 104 Å². The molecule has 2 aliphatic rings. The maximum atomic E-state index is 12.9. The maximum Gasteiger partial charge on any atom is 0.490 e. The third-order valence-electron chi connectivity index (χ3n) is 5.77. The Hall–Kier alpha value is -3.93. The van der Waals surface area contributed by atoms with E-state index in [1.54, 1.807) is 6.20 Å². The van der Waals surface area contributed by atoms with Gasteiger partial charge in [0.15, 0.2) is 0 Å². The molecule has 1 saturated heterocycles. The van der Waals surface area contributed by atoms with Gasteiger partial charge in [0.05, 0.1) is 23.3 Å². The fraction of sp³-hybridized carbons (Fsp3) is 0.476. The zero-order chi connectivity index (χ0) is 29.8. The molecule has 216 valence electrons. The molecule has 2 amide bonds. The summed E-state index contributed by atoms with van der Waals surface area (Å²) in [5.74, 6) is -5.63. The highest BCUT2D eigenvalue weighted by Gasteiger charge is 2.54. The summed E-state index contributed by atoms with van der Waals surface area (Å²) >= 11 is 0. The number of benzene rings is 1. The van der Waals surface area contributed by atoms with E-state index in [1.165, 1.54) is 0 Å². The summed E-state index contributed by atoms with van der Waals surface area (Å²) in [5.41, 5.74) is 12.6. The number of piperazine rings is 1. The monoisotopic (exact) mass is 570 g/mol. The zero-order valence-electron chi connectivity index (χ0n) is 19.9. The van der Waals surface area contributed by atoms with Crippen LogP contribution in [0.4, 0.5) is 26.3 Å². The Kier molecular flexibility index (Phi) is 9.51. The number of carboxylic acids is 2. The number of carbonyl (C=O) groups excluding carboxylic acids is 2. The van der Waals surface area contributed by atoms with E-state index in [2.05, 4.69) is 10.2 Å². The van der Waals surface area contributed by atoms with E-state index in [-0.39, 0.29) is 23.9 Å². The van der Waals surface area contributed by atoms with E-state index in [0.717, 1.165) is 23.7 Å². The van der Waals surface area contributed by atoms with Gasteiger partial charge in [-0.1, -0.05) is 0 Å². The summed E-state index contributed by atoms with van der Waals surface area (Å²) in [4.78, 5) is 46.8. The van der Waals surface area contributed by atoms with Crippen molar-refractivity contribution in [2.75, 3.05) is 26.2 Å². The molecule has 39 heavy (non-hydrogen) atoms. The summed E-state index contributed by atoms with van der Waals surface area (Å²) < 4.78 is 63.5. The molecule has 2 aromatic rings. The van der Waals surface area contributed by atoms with Crippen LogP contribution >= 0.6 is 0 Å². The molecule has 18 heteroatoms. The van der Waals surface area contributed by atoms with E-state index in [1.807, 2.05) is 28.0 Å². The molecule has 0 bridgehead atoms. The minimum Gasteiger partial charge on any atom is -0.475 e. The fourth-order valence-electron chi connectivity index (χ4n) is 3.63. The Morgan fingerprint density at radius 3 is 2.03 bits per heavy atom. The smallest absolute Gasteiger partial charge is 0.475 e. The van der Waals surface area contributed by atoms with Crippen LogP contribution in [0.25, 0.3) is 10.9 Å². The molecule has 0 radical (unpaired) electrons. The molecule has 7 N–H and O–H groups in total. The number of nitrogens with two attached hydrogens (primary N) is 2. The lowest BCUT2D eigenvalue weighted by atomic mass is 10.1. The van der Waals surface area contributed by atoms with Gasteiger partial charge in [0, 0.05) is 37.1 Å². The number of amides is 2. The molecule has 0 unspecified atom stereocenters. The van der Waals surface area contributed by atoms with E-state index >= 15 is 0 Å². The Labute approximate surface area is 215 Å². The highest BCUT2D eigenvalue weighted by Crippen LogP contribution is 2.44. The molecule has 1 atom stereocenters. The topological polar surface area (TPSA) is 196 Å². The number of hydrogen-bond donors (Lipinski definition) is 5. The first-order valence-electron chi connectivity index (χ1n) is 11.0. The predicted molar refractivity (Wildman–Crippen MR) is 120 cm³/mol. The quantitative estimate of drug-likeness (QED) is 0.334. The SMILES string of the molecule is NC[C@@H](N)C(=O)N1CCN(C(=O)c2ccc3[nH]ncc3c2)CC12CC2.O=C(O)C(F)(F)F.O=C(O)C(F)(F)F. The van der Waals surface area contributed by atoms with Crippen LogP contribution in [0.1, 0.15) is 23.2 Å². The van der Waals surface area contributed by atoms with Gasteiger partial charge in [-0.15, -0.1) is 0 Å². The molecule has 1 aliphatic heterocycles. The number of H-pyrrole nitrogens is 1. The molecule has 2 fully saturated rings. The number of aromatic nitrogens is 2. The summed E-state index contributed by atoms with van der Waals surface area (Å²) in [6, 6.07) is 4.86. The van der Waals surface area contributed by atoms with Crippen molar-refractivity contribution in [2.45, 2.75) is 36.8 Å². The third-order valence-corrected chi connectivity index (χ3v) is 5.77. The van der Waals surface area contributed by atoms with Crippen molar-refractivity contribution in [3.05, 3.63) is 30.0 Å². The lowest BCUT2D eigenvalue weighted by molar-refractivity contribution is -0.193. The molecule has 12 nitrogen and oxygen atoms in total. The molecule has 2 heterocycles. The van der Waals surface area contributed by atoms with Crippen LogP contribution in [0.15, 0.2) is 24.4 Å². The summed E-state index contributed by atoms with van der Waals surface area (Å²) in [6.07, 6.45) is -6.65. The number of nitrogens with one attached hydrogen (secondary N) is 1. The zero-order valence-corrected chi connectivity index (χ0v) is 19.9. The lowest BCUT2D eigenvalue weighted by Crippen LogP contribution is -2.61. The van der Waals surface area contributed by atoms with Gasteiger partial charge in [-0.3, -0.25) is 14.7 Å². The second-order valence-electron chi connectivity index (χ2n) is 8.56. The van der Waals surface area contributed by atoms with Gasteiger partial charge in [0.2, 0.25) is 5.91 Å². The van der Waals surface area contributed by atoms with Crippen LogP contribution in [-0.2, 0) is 14.4 Å². The van der Waals surface area contributed by atoms with Crippen molar-refractivity contribution in [3.8, 4) is 0 Å². The number of carbonyl (C=O) groups is 4. The maximum absolute atomic E-state index is 12.9. The standard InChI is InChI=1S/C17H22N6O2.2C2HF3O2/c18-8-13(19)16(25)23-6-5-22(10-17(23)3-4-17)15(24)11-1-2-14-12(7-11)9-20-21-14;2*3-2(4,5)1(6)7/h1-2,7,9,13H,3-6,8,10,18-19H2,(H,20,21);2*(H,6,7)/t13-;;/m1../s1. The van der Waals surface area contributed by atoms with E-state index < -0.39 is 30.3 Å². The first-order chi connectivity index (χ1) is 17.9. The number of hydrogen-bond acceptors (Lipinski definition) is 7. The van der Waals surface area contributed by atoms with Crippen molar-refractivity contribution < 1.29 is 55.7 Å². The molecule has 1 aliphatic carbocycles. The van der Waals surface area contributed by atoms with Crippen LogP contribution in [0, 0.1) is 0 Å². The van der Waals surface area contributed by atoms with Gasteiger partial charge in [-0.25, -0.2) is 9.59 Å². The number of nitrogens with zero attached hydrogens (tertiary/aromatic N) is 3. The van der Waals surface area contributed by atoms with Gasteiger partial charge in [-0.05, 0) is 31.0 Å². The van der Waals surface area contributed by atoms with Crippen molar-refractivity contribution >= 4 is 34.7 Å². The fourth-order valence-corrected chi connectivity index (χ4v) is 3.63. The van der Waals surface area contributed by atoms with Crippen molar-refractivity contribution in [1.29, 1.82) is 0 Å². The largest absolute Gasteiger partial charge is 0.490 e. The minimum atomic E-state index is -5.08. The van der Waals surface area contributed by atoms with Crippen LogP contribution in [0.3, 0.4) is 0 Å². The molecule has 4 rings (SSSR count). The van der Waals surface area contributed by atoms with Gasteiger partial charge >= 0.3 is 24.3 Å². The average Bonchev–Trinajstić information content (AvgIpc) is 3.44. The number of aromatic amines is 1. The van der Waals surface area contributed by atoms with Crippen LogP contribution < -0.4 is 11.5 Å². The number of alkyl halides is 6. The number of halogens is 6. The van der Waals surface area contributed by atoms with Crippen molar-refractivity contribution in [3.63, 3.8) is 0 Å². The normalized spacial score (nSPS) is 16.9. The van der Waals surface area contributed by atoms with E-state index in [4.69, 9.17) is 31.3 Å². The Morgan fingerprint density at radius 2 is 1.56 bits per heavy atom. The molecule has 1 spiro atoms. The second-order valence-corrected chi connectivity index (χ2v) is 8.56. The molecule has 1 saturated carbocycles. The first kappa shape index (κ1) is 31.3. The van der Waals surface area contributed by atoms with E-state index in [9.17, 15) is 35.9 Å². The first-order valence-corrected chi connectivity index (χ1v) is 11.0. The van der Waals surface area contributed by atoms with Crippen LogP contribution in [0.5, 0.6) is 0 Å². The third kappa shape index (κ3) is 8.03. The average molecular weight is 570 g/mol. The van der Waals surface area contributed by atoms with Gasteiger partial charge in [0.25, 0.3) is 5.91 Å². The van der Waals surface area contributed by atoms with E-state index in [0.29, 0.717) is 25.2 Å². The van der Waals surface area contributed by atoms with Gasteiger partial charge < -0.3 is 31.5 Å².